The zero-order valence-corrected chi connectivity index (χ0v) is 26.4. The summed E-state index contributed by atoms with van der Waals surface area (Å²) in [7, 11) is 1.65. The van der Waals surface area contributed by atoms with Crippen LogP contribution in [0.4, 0.5) is 10.1 Å². The summed E-state index contributed by atoms with van der Waals surface area (Å²) in [6, 6.07) is 17.7. The summed E-state index contributed by atoms with van der Waals surface area (Å²) in [4.78, 5) is 3.77. The number of hydrogen-bond donors (Lipinski definition) is 1. The molecule has 2 heterocycles. The number of rotatable bonds is 7. The summed E-state index contributed by atoms with van der Waals surface area (Å²) in [6.07, 6.45) is 9.24. The van der Waals surface area contributed by atoms with Crippen LogP contribution in [-0.4, -0.2) is 68.4 Å². The van der Waals surface area contributed by atoms with E-state index >= 15 is 0 Å². The predicted octanol–water partition coefficient (Wildman–Crippen LogP) is 3.26. The summed E-state index contributed by atoms with van der Waals surface area (Å²) in [6.45, 7) is 4.59. The number of fused-ring (bicyclic) bond motifs is 1. The minimum absolute atomic E-state index is 0. The normalized spacial score (nSPS) is 15.9. The van der Waals surface area contributed by atoms with Gasteiger partial charge in [-0.05, 0) is 42.8 Å². The van der Waals surface area contributed by atoms with Crippen LogP contribution in [0, 0.1) is 17.9 Å². The van der Waals surface area contributed by atoms with Crippen molar-refractivity contribution >= 4 is 28.4 Å². The third kappa shape index (κ3) is 9.18. The molecule has 2 aliphatic rings. The van der Waals surface area contributed by atoms with Crippen molar-refractivity contribution in [1.29, 1.82) is 0 Å². The summed E-state index contributed by atoms with van der Waals surface area (Å²) < 4.78 is 25.6. The van der Waals surface area contributed by atoms with Crippen molar-refractivity contribution in [3.8, 4) is 17.6 Å². The summed E-state index contributed by atoms with van der Waals surface area (Å²) >= 11 is 1.67. The third-order valence-corrected chi connectivity index (χ3v) is 7.89. The number of hydrogen-bond acceptors (Lipinski definition) is 5. The van der Waals surface area contributed by atoms with Gasteiger partial charge >= 0.3 is 29.6 Å². The van der Waals surface area contributed by atoms with Crippen LogP contribution in [0.2, 0.25) is 0 Å². The number of nitrogens with one attached hydrogen (secondary N) is 1. The molecule has 1 aliphatic carbocycles. The van der Waals surface area contributed by atoms with Crippen LogP contribution >= 0.6 is 11.8 Å². The van der Waals surface area contributed by atoms with Crippen LogP contribution in [0.1, 0.15) is 37.8 Å². The molecule has 0 amide bonds. The first-order valence-corrected chi connectivity index (χ1v) is 14.8. The molecular weight excluding hydrogens is 520 g/mol. The molecule has 0 bridgehead atoms. The molecule has 39 heavy (non-hydrogen) atoms. The number of aryl methyl sites for hydroxylation is 1. The van der Waals surface area contributed by atoms with Crippen molar-refractivity contribution in [2.45, 2.75) is 49.6 Å². The number of methoxy groups -OCH3 is 1. The second-order valence-corrected chi connectivity index (χ2v) is 10.4. The van der Waals surface area contributed by atoms with E-state index < -0.39 is 6.67 Å². The average Bonchev–Trinajstić information content (AvgIpc) is 3.34. The number of anilines is 1. The van der Waals surface area contributed by atoms with Crippen molar-refractivity contribution in [2.75, 3.05) is 58.2 Å². The molecule has 0 radical (unpaired) electrons. The number of benzene rings is 2. The SMILES string of the molecule is C1CCC(N2CCOCC2)CC1.COc1cc(SC)ccc1NCC#Cc1cc2[c-]cccc2n1CCF.[Na+]. The van der Waals surface area contributed by atoms with Gasteiger partial charge in [0.05, 0.1) is 32.6 Å². The van der Waals surface area contributed by atoms with Crippen molar-refractivity contribution < 1.29 is 43.4 Å². The third-order valence-electron chi connectivity index (χ3n) is 7.17. The molecule has 2 fully saturated rings. The second kappa shape index (κ2) is 17.2. The van der Waals surface area contributed by atoms with Crippen LogP contribution in [0.15, 0.2) is 47.4 Å². The van der Waals surface area contributed by atoms with Crippen molar-refractivity contribution in [3.63, 3.8) is 0 Å². The molecular formula is C31H39FN3NaO2S. The van der Waals surface area contributed by atoms with Crippen molar-refractivity contribution in [1.82, 2.24) is 9.47 Å². The number of alkyl halides is 1. The fourth-order valence-electron chi connectivity index (χ4n) is 5.17. The Morgan fingerprint density at radius 3 is 2.67 bits per heavy atom. The van der Waals surface area contributed by atoms with E-state index in [1.165, 1.54) is 45.2 Å². The van der Waals surface area contributed by atoms with E-state index in [-0.39, 0.29) is 29.6 Å². The number of aromatic nitrogens is 1. The maximum atomic E-state index is 12.9. The van der Waals surface area contributed by atoms with E-state index in [1.54, 1.807) is 18.9 Å². The van der Waals surface area contributed by atoms with Crippen LogP contribution in [0.5, 0.6) is 5.75 Å². The molecule has 1 saturated heterocycles. The molecule has 0 unspecified atom stereocenters. The molecule has 204 valence electrons. The standard InChI is InChI=1S/C21H20FN2OS.C10H19NO.Na/c1-25-21-15-18(26-2)9-10-19(21)23-12-5-7-17-14-16-6-3-4-8-20(16)24(17)13-11-22;1-2-4-10(5-3-1)11-6-8-12-9-7-11;/h3-4,8-10,14-15,23H,11-13H2,1-2H3;10H,1-9H2;/q-1;;+1. The molecule has 1 N–H and O–H groups in total. The first kappa shape index (κ1) is 31.9. The first-order valence-electron chi connectivity index (χ1n) is 13.6. The molecule has 0 atom stereocenters. The smallest absolute Gasteiger partial charge is 0.495 e. The maximum Gasteiger partial charge on any atom is 1.00 e. The Balaban J connectivity index is 0.000000270. The fourth-order valence-corrected chi connectivity index (χ4v) is 5.60. The quantitative estimate of drug-likeness (QED) is 0.208. The predicted molar refractivity (Wildman–Crippen MR) is 156 cm³/mol. The zero-order valence-electron chi connectivity index (χ0n) is 23.6. The van der Waals surface area contributed by atoms with Gasteiger partial charge in [0.1, 0.15) is 12.4 Å². The Hall–Kier alpha value is -1.66. The van der Waals surface area contributed by atoms with Gasteiger partial charge in [-0.3, -0.25) is 4.90 Å². The summed E-state index contributed by atoms with van der Waals surface area (Å²) in [5, 5.41) is 4.22. The van der Waals surface area contributed by atoms with Gasteiger partial charge in [0.15, 0.2) is 0 Å². The van der Waals surface area contributed by atoms with Crippen LogP contribution in [0.3, 0.4) is 0 Å². The molecule has 8 heteroatoms. The van der Waals surface area contributed by atoms with Gasteiger partial charge in [-0.25, -0.2) is 4.39 Å². The van der Waals surface area contributed by atoms with E-state index in [2.05, 4.69) is 28.1 Å². The molecule has 1 aromatic heterocycles. The van der Waals surface area contributed by atoms with Gasteiger partial charge in [0.2, 0.25) is 0 Å². The summed E-state index contributed by atoms with van der Waals surface area (Å²) in [5.41, 5.74) is 2.65. The number of thioether (sulfide) groups is 1. The molecule has 2 aromatic carbocycles. The van der Waals surface area contributed by atoms with Gasteiger partial charge in [-0.2, -0.15) is 0 Å². The van der Waals surface area contributed by atoms with Gasteiger partial charge in [-0.15, -0.1) is 47.5 Å². The Morgan fingerprint density at radius 2 is 1.95 bits per heavy atom. The molecule has 5 rings (SSSR count). The van der Waals surface area contributed by atoms with E-state index in [4.69, 9.17) is 9.47 Å². The second-order valence-electron chi connectivity index (χ2n) is 9.50. The monoisotopic (exact) mass is 559 g/mol. The van der Waals surface area contributed by atoms with Gasteiger partial charge in [-0.1, -0.05) is 31.1 Å². The Labute approximate surface area is 259 Å². The fraction of sp³-hybridized carbons (Fsp3) is 0.484. The largest absolute Gasteiger partial charge is 1.00 e. The molecule has 0 spiro atoms. The van der Waals surface area contributed by atoms with Crippen LogP contribution < -0.4 is 39.6 Å². The van der Waals surface area contributed by atoms with E-state index in [0.29, 0.717) is 13.1 Å². The molecule has 1 aliphatic heterocycles. The van der Waals surface area contributed by atoms with Crippen LogP contribution in [0.25, 0.3) is 10.9 Å². The van der Waals surface area contributed by atoms with Crippen LogP contribution in [-0.2, 0) is 11.3 Å². The maximum absolute atomic E-state index is 12.9. The molecule has 5 nitrogen and oxygen atoms in total. The summed E-state index contributed by atoms with van der Waals surface area (Å²) in [5.74, 6) is 7.04. The zero-order chi connectivity index (χ0) is 26.6. The van der Waals surface area contributed by atoms with E-state index in [9.17, 15) is 4.39 Å². The van der Waals surface area contributed by atoms with Gasteiger partial charge in [0.25, 0.3) is 0 Å². The van der Waals surface area contributed by atoms with Gasteiger partial charge in [0, 0.05) is 36.3 Å². The minimum atomic E-state index is -0.426. The van der Waals surface area contributed by atoms with Gasteiger partial charge < -0.3 is 19.4 Å². The number of morpholine rings is 1. The Bertz CT molecular complexity index is 1200. The Kier molecular flexibility index (Phi) is 14.1. The van der Waals surface area contributed by atoms with E-state index in [0.717, 1.165) is 52.2 Å². The van der Waals surface area contributed by atoms with E-state index in [1.807, 2.05) is 53.3 Å². The molecule has 3 aromatic rings. The first-order chi connectivity index (χ1) is 18.7. The number of nitrogens with zero attached hydrogens (tertiary/aromatic N) is 2. The topological polar surface area (TPSA) is 38.7 Å². The Morgan fingerprint density at radius 1 is 1.15 bits per heavy atom. The number of ether oxygens (including phenoxy) is 2. The molecule has 1 saturated carbocycles. The minimum Gasteiger partial charge on any atom is -0.495 e. The van der Waals surface area contributed by atoms with Crippen molar-refractivity contribution in [3.05, 3.63) is 54.2 Å². The van der Waals surface area contributed by atoms with Crippen molar-refractivity contribution in [2.24, 2.45) is 0 Å². The number of halogens is 1. The average molecular weight is 560 g/mol.